The Morgan fingerprint density at radius 3 is 2.21 bits per heavy atom. The normalized spacial score (nSPS) is 17.3. The van der Waals surface area contributed by atoms with Gasteiger partial charge in [0.05, 0.1) is 38.4 Å². The van der Waals surface area contributed by atoms with Gasteiger partial charge in [-0.1, -0.05) is 66.7 Å². The zero-order valence-corrected chi connectivity index (χ0v) is 22.2. The summed E-state index contributed by atoms with van der Waals surface area (Å²) in [7, 11) is -2.63. The minimum Gasteiger partial charge on any atom is -0.497 e. The molecule has 1 saturated heterocycles. The van der Waals surface area contributed by atoms with Crippen LogP contribution in [0.3, 0.4) is 0 Å². The number of rotatable bonds is 12. The zero-order valence-electron chi connectivity index (χ0n) is 21.4. The van der Waals surface area contributed by atoms with Crippen LogP contribution in [0.2, 0.25) is 0 Å². The van der Waals surface area contributed by atoms with Crippen molar-refractivity contribution in [1.29, 1.82) is 0 Å². The third-order valence-electron chi connectivity index (χ3n) is 6.14. The number of hydrogen-bond donors (Lipinski definition) is 0. The number of methoxy groups -OCH3 is 1. The fraction of sp³-hybridized carbons (Fsp3) is 0.276. The fourth-order valence-corrected chi connectivity index (χ4v) is 5.64. The van der Waals surface area contributed by atoms with Gasteiger partial charge < -0.3 is 18.9 Å². The number of amides is 1. The Morgan fingerprint density at radius 1 is 0.921 bits per heavy atom. The first-order chi connectivity index (χ1) is 18.3. The van der Waals surface area contributed by atoms with Crippen LogP contribution >= 0.6 is 0 Å². The van der Waals surface area contributed by atoms with Crippen LogP contribution in [0.5, 0.6) is 5.75 Å². The zero-order chi connectivity index (χ0) is 27.1. The maximum Gasteiger partial charge on any atom is 0.425 e. The standard InChI is InChI=1S/C29H31NO7S/c1-21-9-15-26(16-10-21)38(32,33)30-28(22(2)17-35-18-23-7-5-4-6-8-23)27(37-29(30)31)20-36-19-24-11-13-25(34-3)14-12-24/h4-16,27-28H,2,17-20H2,1,3H3/t27-,28-/m0/s1. The lowest BCUT2D eigenvalue weighted by molar-refractivity contribution is 0.0282. The van der Waals surface area contributed by atoms with Crippen molar-refractivity contribution in [1.82, 2.24) is 4.31 Å². The van der Waals surface area contributed by atoms with Gasteiger partial charge in [-0.25, -0.2) is 13.2 Å². The number of cyclic esters (lactones) is 1. The van der Waals surface area contributed by atoms with Gasteiger partial charge in [0.2, 0.25) is 0 Å². The van der Waals surface area contributed by atoms with Crippen LogP contribution < -0.4 is 4.74 Å². The van der Waals surface area contributed by atoms with Crippen molar-refractivity contribution >= 4 is 16.1 Å². The largest absolute Gasteiger partial charge is 0.497 e. The second-order valence-electron chi connectivity index (χ2n) is 8.98. The number of carbonyl (C=O) groups excluding carboxylic acids is 1. The van der Waals surface area contributed by atoms with E-state index in [9.17, 15) is 13.2 Å². The van der Waals surface area contributed by atoms with Crippen LogP contribution in [0, 0.1) is 6.92 Å². The van der Waals surface area contributed by atoms with Crippen molar-refractivity contribution in [2.45, 2.75) is 37.2 Å². The number of ether oxygens (including phenoxy) is 4. The molecular weight excluding hydrogens is 506 g/mol. The molecule has 0 radical (unpaired) electrons. The fourth-order valence-electron chi connectivity index (χ4n) is 4.11. The Kier molecular flexibility index (Phi) is 8.83. The second kappa shape index (κ2) is 12.3. The molecule has 8 nitrogen and oxygen atoms in total. The Labute approximate surface area is 223 Å². The van der Waals surface area contributed by atoms with Gasteiger partial charge in [0.1, 0.15) is 11.8 Å². The lowest BCUT2D eigenvalue weighted by atomic mass is 10.1. The lowest BCUT2D eigenvalue weighted by Crippen LogP contribution is -2.44. The summed E-state index contributed by atoms with van der Waals surface area (Å²) in [6.07, 6.45) is -1.87. The molecule has 2 atom stereocenters. The van der Waals surface area contributed by atoms with E-state index in [4.69, 9.17) is 18.9 Å². The number of carbonyl (C=O) groups is 1. The van der Waals surface area contributed by atoms with Crippen molar-refractivity contribution in [2.24, 2.45) is 0 Å². The van der Waals surface area contributed by atoms with Crippen molar-refractivity contribution < 1.29 is 32.2 Å². The minimum absolute atomic E-state index is 0.0112. The van der Waals surface area contributed by atoms with Crippen molar-refractivity contribution in [3.63, 3.8) is 0 Å². The summed E-state index contributed by atoms with van der Waals surface area (Å²) in [6, 6.07) is 22.2. The summed E-state index contributed by atoms with van der Waals surface area (Å²) in [5.74, 6) is 0.724. The van der Waals surface area contributed by atoms with Gasteiger partial charge in [-0.2, -0.15) is 4.31 Å². The highest BCUT2D eigenvalue weighted by molar-refractivity contribution is 7.89. The monoisotopic (exact) mass is 537 g/mol. The van der Waals surface area contributed by atoms with E-state index in [0.29, 0.717) is 12.2 Å². The summed E-state index contributed by atoms with van der Waals surface area (Å²) in [5, 5.41) is 0. The molecule has 3 aromatic carbocycles. The highest BCUT2D eigenvalue weighted by Crippen LogP contribution is 2.32. The molecule has 38 heavy (non-hydrogen) atoms. The topological polar surface area (TPSA) is 91.4 Å². The third kappa shape index (κ3) is 6.42. The Hall–Kier alpha value is -3.66. The Balaban J connectivity index is 1.51. The second-order valence-corrected chi connectivity index (χ2v) is 10.8. The number of nitrogens with zero attached hydrogens (tertiary/aromatic N) is 1. The molecule has 0 N–H and O–H groups in total. The number of aryl methyl sites for hydroxylation is 1. The molecule has 3 aromatic rings. The molecule has 0 bridgehead atoms. The molecule has 9 heteroatoms. The average Bonchev–Trinajstić information content (AvgIpc) is 3.26. The van der Waals surface area contributed by atoms with Gasteiger partial charge >= 0.3 is 6.09 Å². The van der Waals surface area contributed by atoms with E-state index in [1.807, 2.05) is 61.5 Å². The first-order valence-corrected chi connectivity index (χ1v) is 13.6. The van der Waals surface area contributed by atoms with Crippen LogP contribution in [-0.4, -0.2) is 51.3 Å². The van der Waals surface area contributed by atoms with Gasteiger partial charge in [0.25, 0.3) is 10.0 Å². The summed E-state index contributed by atoms with van der Waals surface area (Å²) in [6.45, 7) is 6.49. The van der Waals surface area contributed by atoms with Crippen LogP contribution in [-0.2, 0) is 37.4 Å². The predicted octanol–water partition coefficient (Wildman–Crippen LogP) is 4.87. The molecule has 0 unspecified atom stereocenters. The summed E-state index contributed by atoms with van der Waals surface area (Å²) >= 11 is 0. The van der Waals surface area contributed by atoms with Crippen molar-refractivity contribution in [3.05, 3.63) is 108 Å². The van der Waals surface area contributed by atoms with Gasteiger partial charge in [-0.15, -0.1) is 0 Å². The number of benzene rings is 3. The minimum atomic E-state index is -4.22. The molecule has 4 rings (SSSR count). The summed E-state index contributed by atoms with van der Waals surface area (Å²) in [5.41, 5.74) is 3.14. The quantitative estimate of drug-likeness (QED) is 0.304. The molecule has 1 aliphatic heterocycles. The van der Waals surface area contributed by atoms with E-state index in [1.54, 1.807) is 19.2 Å². The molecule has 1 amide bonds. The van der Waals surface area contributed by atoms with E-state index < -0.39 is 28.3 Å². The van der Waals surface area contributed by atoms with E-state index >= 15 is 0 Å². The molecule has 0 saturated carbocycles. The molecule has 1 heterocycles. The number of hydrogen-bond acceptors (Lipinski definition) is 7. The van der Waals surface area contributed by atoms with E-state index in [2.05, 4.69) is 6.58 Å². The lowest BCUT2D eigenvalue weighted by Gasteiger charge is -2.26. The summed E-state index contributed by atoms with van der Waals surface area (Å²) < 4.78 is 50.2. The molecule has 0 aliphatic carbocycles. The van der Waals surface area contributed by atoms with E-state index in [-0.39, 0.29) is 24.7 Å². The van der Waals surface area contributed by atoms with Gasteiger partial charge in [0.15, 0.2) is 6.10 Å². The molecule has 1 aliphatic rings. The van der Waals surface area contributed by atoms with Crippen molar-refractivity contribution in [3.8, 4) is 5.75 Å². The Morgan fingerprint density at radius 2 is 1.55 bits per heavy atom. The molecule has 1 fully saturated rings. The first kappa shape index (κ1) is 27.4. The van der Waals surface area contributed by atoms with E-state index in [1.165, 1.54) is 12.1 Å². The molecule has 0 spiro atoms. The SMILES string of the molecule is C=C(COCc1ccccc1)[C@H]1[C@H](COCc2ccc(OC)cc2)OC(=O)N1S(=O)(=O)c1ccc(C)cc1. The Bertz CT molecular complexity index is 1340. The van der Waals surface area contributed by atoms with Crippen molar-refractivity contribution in [2.75, 3.05) is 20.3 Å². The van der Waals surface area contributed by atoms with Gasteiger partial charge in [0, 0.05) is 0 Å². The summed E-state index contributed by atoms with van der Waals surface area (Å²) in [4.78, 5) is 12.9. The van der Waals surface area contributed by atoms with Crippen LogP contribution in [0.4, 0.5) is 4.79 Å². The smallest absolute Gasteiger partial charge is 0.425 e. The van der Waals surface area contributed by atoms with Gasteiger partial charge in [-0.3, -0.25) is 0 Å². The average molecular weight is 538 g/mol. The maximum atomic E-state index is 13.6. The maximum absolute atomic E-state index is 13.6. The van der Waals surface area contributed by atoms with Crippen LogP contribution in [0.25, 0.3) is 0 Å². The van der Waals surface area contributed by atoms with Crippen LogP contribution in [0.15, 0.2) is 95.9 Å². The predicted molar refractivity (Wildman–Crippen MR) is 142 cm³/mol. The number of sulfonamides is 1. The van der Waals surface area contributed by atoms with Gasteiger partial charge in [-0.05, 0) is 47.9 Å². The first-order valence-electron chi connectivity index (χ1n) is 12.1. The highest BCUT2D eigenvalue weighted by atomic mass is 32.2. The van der Waals surface area contributed by atoms with Crippen LogP contribution in [0.1, 0.15) is 16.7 Å². The molecule has 0 aromatic heterocycles. The third-order valence-corrected chi connectivity index (χ3v) is 7.90. The van der Waals surface area contributed by atoms with E-state index in [0.717, 1.165) is 26.7 Å². The molecule has 200 valence electrons. The highest BCUT2D eigenvalue weighted by Gasteiger charge is 2.50. The molecular formula is C29H31NO7S.